The number of carbonyl (C=O) groups excluding carboxylic acids is 5. The third kappa shape index (κ3) is 3.57. The topological polar surface area (TPSA) is 116 Å². The number of amides is 5. The molecule has 9 heteroatoms. The SMILES string of the molecule is CN(C)C(=O)c1ccc(NC2=CC(=O)N(C3CCC(=O)NC3=O)C2=O)cc1. The van der Waals surface area contributed by atoms with Crippen LogP contribution in [0.1, 0.15) is 23.2 Å². The standard InChI is InChI=1S/C18H18N4O5/c1-21(2)17(26)10-3-5-11(6-4-10)19-12-9-15(24)22(18(12)27)13-7-8-14(23)20-16(13)25/h3-6,9,13,19H,7-8H2,1-2H3,(H,20,23,25). The van der Waals surface area contributed by atoms with Crippen molar-refractivity contribution in [2.45, 2.75) is 18.9 Å². The monoisotopic (exact) mass is 370 g/mol. The molecule has 1 aromatic carbocycles. The first-order valence-electron chi connectivity index (χ1n) is 8.29. The molecule has 2 aliphatic rings. The summed E-state index contributed by atoms with van der Waals surface area (Å²) < 4.78 is 0. The molecular weight excluding hydrogens is 352 g/mol. The number of piperidine rings is 1. The molecule has 0 aliphatic carbocycles. The predicted octanol–water partition coefficient (Wildman–Crippen LogP) is -0.142. The van der Waals surface area contributed by atoms with E-state index in [0.29, 0.717) is 11.3 Å². The van der Waals surface area contributed by atoms with Gasteiger partial charge < -0.3 is 10.2 Å². The number of benzene rings is 1. The number of nitrogens with zero attached hydrogens (tertiary/aromatic N) is 2. The molecule has 0 aromatic heterocycles. The molecule has 5 amide bonds. The first-order valence-corrected chi connectivity index (χ1v) is 8.29. The molecule has 0 bridgehead atoms. The van der Waals surface area contributed by atoms with Crippen molar-refractivity contribution in [1.29, 1.82) is 0 Å². The Labute approximate surface area is 155 Å². The van der Waals surface area contributed by atoms with Crippen molar-refractivity contribution in [1.82, 2.24) is 15.1 Å². The first-order chi connectivity index (χ1) is 12.8. The fraction of sp³-hybridized carbons (Fsp3) is 0.278. The summed E-state index contributed by atoms with van der Waals surface area (Å²) in [6.45, 7) is 0. The van der Waals surface area contributed by atoms with Crippen LogP contribution in [-0.2, 0) is 19.2 Å². The van der Waals surface area contributed by atoms with Crippen LogP contribution < -0.4 is 10.6 Å². The molecule has 9 nitrogen and oxygen atoms in total. The Morgan fingerprint density at radius 3 is 2.41 bits per heavy atom. The lowest BCUT2D eigenvalue weighted by Crippen LogP contribution is -2.54. The Kier molecular flexibility index (Phi) is 4.76. The zero-order valence-electron chi connectivity index (χ0n) is 14.8. The molecule has 0 saturated carbocycles. The molecule has 1 unspecified atom stereocenters. The summed E-state index contributed by atoms with van der Waals surface area (Å²) in [6, 6.07) is 5.43. The van der Waals surface area contributed by atoms with E-state index in [4.69, 9.17) is 0 Å². The van der Waals surface area contributed by atoms with Crippen molar-refractivity contribution in [3.63, 3.8) is 0 Å². The third-order valence-corrected chi connectivity index (χ3v) is 4.29. The average Bonchev–Trinajstić information content (AvgIpc) is 2.89. The van der Waals surface area contributed by atoms with E-state index in [1.807, 2.05) is 0 Å². The van der Waals surface area contributed by atoms with Gasteiger partial charge in [0.1, 0.15) is 11.7 Å². The molecular formula is C18H18N4O5. The minimum absolute atomic E-state index is 0.0244. The minimum Gasteiger partial charge on any atom is -0.351 e. The van der Waals surface area contributed by atoms with Gasteiger partial charge in [-0.25, -0.2) is 0 Å². The van der Waals surface area contributed by atoms with Gasteiger partial charge in [0, 0.05) is 37.8 Å². The third-order valence-electron chi connectivity index (χ3n) is 4.29. The fourth-order valence-electron chi connectivity index (χ4n) is 2.91. The van der Waals surface area contributed by atoms with Gasteiger partial charge in [0.05, 0.1) is 0 Å². The van der Waals surface area contributed by atoms with Crippen molar-refractivity contribution < 1.29 is 24.0 Å². The second-order valence-corrected chi connectivity index (χ2v) is 6.44. The molecule has 1 fully saturated rings. The van der Waals surface area contributed by atoms with Gasteiger partial charge in [0.2, 0.25) is 11.8 Å². The van der Waals surface area contributed by atoms with Crippen LogP contribution in [0.2, 0.25) is 0 Å². The lowest BCUT2D eigenvalue weighted by atomic mass is 10.0. The van der Waals surface area contributed by atoms with E-state index in [1.165, 1.54) is 4.90 Å². The quantitative estimate of drug-likeness (QED) is 0.713. The van der Waals surface area contributed by atoms with Gasteiger partial charge in [-0.3, -0.25) is 34.2 Å². The molecule has 1 aromatic rings. The maximum Gasteiger partial charge on any atom is 0.278 e. The van der Waals surface area contributed by atoms with E-state index in [-0.39, 0.29) is 24.4 Å². The summed E-state index contributed by atoms with van der Waals surface area (Å²) in [6.07, 6.45) is 1.28. The number of rotatable bonds is 4. The summed E-state index contributed by atoms with van der Waals surface area (Å²) >= 11 is 0. The van der Waals surface area contributed by atoms with Gasteiger partial charge in [-0.15, -0.1) is 0 Å². The summed E-state index contributed by atoms with van der Waals surface area (Å²) in [4.78, 5) is 62.2. The maximum absolute atomic E-state index is 12.6. The van der Waals surface area contributed by atoms with E-state index in [0.717, 1.165) is 11.0 Å². The van der Waals surface area contributed by atoms with Crippen LogP contribution in [0.15, 0.2) is 36.0 Å². The van der Waals surface area contributed by atoms with Crippen LogP contribution in [-0.4, -0.2) is 59.5 Å². The highest BCUT2D eigenvalue weighted by Gasteiger charge is 2.42. The smallest absolute Gasteiger partial charge is 0.278 e. The van der Waals surface area contributed by atoms with Crippen LogP contribution in [0.5, 0.6) is 0 Å². The van der Waals surface area contributed by atoms with Crippen molar-refractivity contribution in [3.8, 4) is 0 Å². The molecule has 27 heavy (non-hydrogen) atoms. The molecule has 3 rings (SSSR count). The Morgan fingerprint density at radius 2 is 1.81 bits per heavy atom. The lowest BCUT2D eigenvalue weighted by Gasteiger charge is -2.28. The van der Waals surface area contributed by atoms with Gasteiger partial charge in [0.25, 0.3) is 17.7 Å². The molecule has 0 spiro atoms. The number of carbonyl (C=O) groups is 5. The van der Waals surface area contributed by atoms with E-state index in [2.05, 4.69) is 10.6 Å². The van der Waals surface area contributed by atoms with Crippen LogP contribution in [0.3, 0.4) is 0 Å². The highest BCUT2D eigenvalue weighted by Crippen LogP contribution is 2.23. The second-order valence-electron chi connectivity index (χ2n) is 6.44. The number of imide groups is 2. The van der Waals surface area contributed by atoms with Crippen LogP contribution >= 0.6 is 0 Å². The van der Waals surface area contributed by atoms with E-state index < -0.39 is 29.7 Å². The average molecular weight is 370 g/mol. The van der Waals surface area contributed by atoms with Crippen molar-refractivity contribution in [2.75, 3.05) is 19.4 Å². The Balaban J connectivity index is 1.72. The highest BCUT2D eigenvalue weighted by atomic mass is 16.2. The molecule has 2 N–H and O–H groups in total. The van der Waals surface area contributed by atoms with Crippen molar-refractivity contribution in [2.24, 2.45) is 0 Å². The van der Waals surface area contributed by atoms with E-state index in [9.17, 15) is 24.0 Å². The molecule has 1 atom stereocenters. The highest BCUT2D eigenvalue weighted by molar-refractivity contribution is 6.20. The summed E-state index contributed by atoms with van der Waals surface area (Å²) in [5, 5.41) is 4.97. The van der Waals surface area contributed by atoms with E-state index >= 15 is 0 Å². The minimum atomic E-state index is -1.00. The number of hydrogen-bond donors (Lipinski definition) is 2. The van der Waals surface area contributed by atoms with Crippen LogP contribution in [0.25, 0.3) is 0 Å². The Bertz CT molecular complexity index is 872. The van der Waals surface area contributed by atoms with Gasteiger partial charge in [-0.05, 0) is 30.7 Å². The fourth-order valence-corrected chi connectivity index (χ4v) is 2.91. The molecule has 1 saturated heterocycles. The molecule has 140 valence electrons. The molecule has 2 aliphatic heterocycles. The maximum atomic E-state index is 12.6. The number of anilines is 1. The van der Waals surface area contributed by atoms with Crippen molar-refractivity contribution in [3.05, 3.63) is 41.6 Å². The predicted molar refractivity (Wildman–Crippen MR) is 94.2 cm³/mol. The number of hydrogen-bond acceptors (Lipinski definition) is 6. The van der Waals surface area contributed by atoms with Crippen LogP contribution in [0.4, 0.5) is 5.69 Å². The second kappa shape index (κ2) is 7.02. The zero-order chi connectivity index (χ0) is 19.7. The largest absolute Gasteiger partial charge is 0.351 e. The van der Waals surface area contributed by atoms with Gasteiger partial charge in [0.15, 0.2) is 0 Å². The number of nitrogens with one attached hydrogen (secondary N) is 2. The normalized spacial score (nSPS) is 19.7. The van der Waals surface area contributed by atoms with E-state index in [1.54, 1.807) is 38.4 Å². The Hall–Kier alpha value is -3.49. The summed E-state index contributed by atoms with van der Waals surface area (Å²) in [5.41, 5.74) is 1.03. The Morgan fingerprint density at radius 1 is 1.15 bits per heavy atom. The first kappa shape index (κ1) is 18.3. The molecule has 2 heterocycles. The zero-order valence-corrected chi connectivity index (χ0v) is 14.8. The van der Waals surface area contributed by atoms with Crippen molar-refractivity contribution >= 4 is 35.2 Å². The summed E-state index contributed by atoms with van der Waals surface area (Å²) in [5.74, 6) is -2.49. The van der Waals surface area contributed by atoms with Gasteiger partial charge in [-0.1, -0.05) is 0 Å². The lowest BCUT2D eigenvalue weighted by molar-refractivity contribution is -0.149. The van der Waals surface area contributed by atoms with Gasteiger partial charge in [-0.2, -0.15) is 0 Å². The van der Waals surface area contributed by atoms with Crippen LogP contribution in [0, 0.1) is 0 Å². The van der Waals surface area contributed by atoms with Gasteiger partial charge >= 0.3 is 0 Å². The molecule has 0 radical (unpaired) electrons. The summed E-state index contributed by atoms with van der Waals surface area (Å²) in [7, 11) is 3.29.